The van der Waals surface area contributed by atoms with Gasteiger partial charge < -0.3 is 14.3 Å². The van der Waals surface area contributed by atoms with Crippen molar-refractivity contribution in [3.63, 3.8) is 0 Å². The Balaban J connectivity index is 1.18. The molecule has 9 nitrogen and oxygen atoms in total. The smallest absolute Gasteiger partial charge is 0.274 e. The van der Waals surface area contributed by atoms with Gasteiger partial charge in [-0.2, -0.15) is 10.1 Å². The fourth-order valence-corrected chi connectivity index (χ4v) is 4.40. The highest BCUT2D eigenvalue weighted by molar-refractivity contribution is 5.92. The maximum absolute atomic E-state index is 12.8. The van der Waals surface area contributed by atoms with Crippen LogP contribution in [-0.2, 0) is 11.2 Å². The van der Waals surface area contributed by atoms with Crippen molar-refractivity contribution in [1.82, 2.24) is 30.1 Å². The summed E-state index contributed by atoms with van der Waals surface area (Å²) in [6.45, 7) is 3.27. The van der Waals surface area contributed by atoms with Gasteiger partial charge in [0.25, 0.3) is 5.91 Å². The predicted octanol–water partition coefficient (Wildman–Crippen LogP) is 2.24. The highest BCUT2D eigenvalue weighted by Crippen LogP contribution is 2.39. The average molecular weight is 412 g/mol. The number of likely N-dealkylation sites (tertiary alicyclic amines) is 1. The highest BCUT2D eigenvalue weighted by atomic mass is 16.5. The number of hydrogen-bond acceptors (Lipinski definition) is 6. The summed E-state index contributed by atoms with van der Waals surface area (Å²) in [5.74, 6) is 2.27. The van der Waals surface area contributed by atoms with E-state index in [4.69, 9.17) is 4.52 Å². The van der Waals surface area contributed by atoms with E-state index in [1.807, 2.05) is 11.0 Å². The Hall–Kier alpha value is -2.71. The van der Waals surface area contributed by atoms with E-state index in [0.29, 0.717) is 49.4 Å². The Morgan fingerprint density at radius 2 is 2.07 bits per heavy atom. The molecule has 1 aliphatic heterocycles. The lowest BCUT2D eigenvalue weighted by Gasteiger charge is -2.27. The molecule has 0 aromatic carbocycles. The lowest BCUT2D eigenvalue weighted by atomic mass is 9.85. The van der Waals surface area contributed by atoms with Gasteiger partial charge in [0, 0.05) is 50.5 Å². The van der Waals surface area contributed by atoms with Gasteiger partial charge in [-0.25, -0.2) is 0 Å². The first-order valence-corrected chi connectivity index (χ1v) is 11.0. The minimum atomic E-state index is -0.0625. The molecule has 1 unspecified atom stereocenters. The van der Waals surface area contributed by atoms with E-state index in [1.165, 1.54) is 6.42 Å². The van der Waals surface area contributed by atoms with Crippen molar-refractivity contribution >= 4 is 11.8 Å². The summed E-state index contributed by atoms with van der Waals surface area (Å²) in [5, 5.41) is 11.3. The van der Waals surface area contributed by atoms with Crippen molar-refractivity contribution in [3.05, 3.63) is 29.2 Å². The lowest BCUT2D eigenvalue weighted by molar-refractivity contribution is -0.130. The molecular formula is C21H28N6O3. The first-order chi connectivity index (χ1) is 14.6. The van der Waals surface area contributed by atoms with Gasteiger partial charge in [-0.15, -0.1) is 0 Å². The molecule has 0 spiro atoms. The van der Waals surface area contributed by atoms with Crippen molar-refractivity contribution in [2.24, 2.45) is 0 Å². The minimum Gasteiger partial charge on any atom is -0.339 e. The summed E-state index contributed by atoms with van der Waals surface area (Å²) >= 11 is 0. The van der Waals surface area contributed by atoms with E-state index in [9.17, 15) is 9.59 Å². The van der Waals surface area contributed by atoms with Crippen molar-refractivity contribution in [2.45, 2.75) is 69.7 Å². The summed E-state index contributed by atoms with van der Waals surface area (Å²) < 4.78 is 5.38. The third kappa shape index (κ3) is 3.85. The predicted molar refractivity (Wildman–Crippen MR) is 107 cm³/mol. The van der Waals surface area contributed by atoms with Gasteiger partial charge in [0.15, 0.2) is 5.82 Å². The number of carbonyl (C=O) groups is 2. The number of aromatic amines is 1. The number of nitrogens with one attached hydrogen (secondary N) is 1. The van der Waals surface area contributed by atoms with E-state index in [0.717, 1.165) is 43.7 Å². The number of nitrogens with zero attached hydrogens (tertiary/aromatic N) is 5. The molecule has 9 heteroatoms. The Bertz CT molecular complexity index is 929. The number of H-pyrrole nitrogens is 1. The molecule has 2 aromatic rings. The third-order valence-corrected chi connectivity index (χ3v) is 6.64. The zero-order valence-corrected chi connectivity index (χ0v) is 17.3. The Kier molecular flexibility index (Phi) is 5.04. The quantitative estimate of drug-likeness (QED) is 0.747. The second kappa shape index (κ2) is 7.85. The molecule has 2 aliphatic carbocycles. The molecule has 3 heterocycles. The summed E-state index contributed by atoms with van der Waals surface area (Å²) in [6, 6.07) is 1.89. The van der Waals surface area contributed by atoms with Crippen LogP contribution in [0.5, 0.6) is 0 Å². The van der Waals surface area contributed by atoms with Gasteiger partial charge in [-0.05, 0) is 38.2 Å². The molecule has 2 saturated carbocycles. The molecule has 1 saturated heterocycles. The van der Waals surface area contributed by atoms with Gasteiger partial charge in [0.05, 0.1) is 6.04 Å². The molecule has 30 heavy (non-hydrogen) atoms. The van der Waals surface area contributed by atoms with E-state index in [2.05, 4.69) is 20.3 Å². The van der Waals surface area contributed by atoms with Crippen molar-refractivity contribution in [3.8, 4) is 0 Å². The largest absolute Gasteiger partial charge is 0.339 e. The number of carbonyl (C=O) groups excluding carboxylic acids is 2. The molecule has 1 N–H and O–H groups in total. The second-order valence-corrected chi connectivity index (χ2v) is 8.82. The van der Waals surface area contributed by atoms with Gasteiger partial charge in [0.2, 0.25) is 11.8 Å². The van der Waals surface area contributed by atoms with Crippen molar-refractivity contribution in [1.29, 1.82) is 0 Å². The average Bonchev–Trinajstić information content (AvgIpc) is 3.10. The van der Waals surface area contributed by atoms with Crippen LogP contribution in [0, 0.1) is 0 Å². The lowest BCUT2D eigenvalue weighted by Crippen LogP contribution is -2.42. The number of hydrogen-bond donors (Lipinski definition) is 1. The molecule has 2 amide bonds. The maximum atomic E-state index is 12.8. The Labute approximate surface area is 175 Å². The van der Waals surface area contributed by atoms with Crippen LogP contribution in [0.2, 0.25) is 0 Å². The molecule has 3 aliphatic rings. The summed E-state index contributed by atoms with van der Waals surface area (Å²) in [5.41, 5.74) is 1.53. The fraction of sp³-hybridized carbons (Fsp3) is 0.667. The fourth-order valence-electron chi connectivity index (χ4n) is 4.40. The van der Waals surface area contributed by atoms with Crippen LogP contribution in [0.15, 0.2) is 10.6 Å². The summed E-state index contributed by atoms with van der Waals surface area (Å²) in [6.07, 6.45) is 7.11. The molecule has 160 valence electrons. The number of aromatic nitrogens is 4. The molecule has 0 radical (unpaired) electrons. The second-order valence-electron chi connectivity index (χ2n) is 8.82. The molecule has 5 rings (SSSR count). The van der Waals surface area contributed by atoms with Crippen LogP contribution in [0.4, 0.5) is 0 Å². The normalized spacial score (nSPS) is 21.6. The van der Waals surface area contributed by atoms with Gasteiger partial charge in [-0.3, -0.25) is 14.7 Å². The SMILES string of the molecule is CC(=O)N(CCc1noc(C2CCC2)n1)C1CCN(C(=O)c2cc(C3CC3)[nH]n2)C1. The Morgan fingerprint density at radius 1 is 1.23 bits per heavy atom. The third-order valence-electron chi connectivity index (χ3n) is 6.64. The standard InChI is InChI=1S/C21H28N6O3/c1-13(28)27(10-8-19-22-20(30-25-19)15-3-2-4-15)16-7-9-26(12-16)21(29)18-11-17(23-24-18)14-5-6-14/h11,14-16H,2-10,12H2,1H3,(H,23,24). The van der Waals surface area contributed by atoms with E-state index >= 15 is 0 Å². The minimum absolute atomic E-state index is 0.00583. The van der Waals surface area contributed by atoms with Crippen LogP contribution in [0.1, 0.15) is 85.2 Å². The van der Waals surface area contributed by atoms with E-state index in [-0.39, 0.29) is 17.9 Å². The monoisotopic (exact) mass is 412 g/mol. The van der Waals surface area contributed by atoms with Crippen molar-refractivity contribution < 1.29 is 14.1 Å². The van der Waals surface area contributed by atoms with Gasteiger partial charge in [-0.1, -0.05) is 11.6 Å². The first kappa shape index (κ1) is 19.3. The summed E-state index contributed by atoms with van der Waals surface area (Å²) in [4.78, 5) is 33.3. The molecule has 2 aromatic heterocycles. The first-order valence-electron chi connectivity index (χ1n) is 11.0. The molecule has 3 fully saturated rings. The van der Waals surface area contributed by atoms with Gasteiger partial charge >= 0.3 is 0 Å². The van der Waals surface area contributed by atoms with Crippen LogP contribution < -0.4 is 0 Å². The number of amides is 2. The molecule has 0 bridgehead atoms. The van der Waals surface area contributed by atoms with Crippen LogP contribution in [0.25, 0.3) is 0 Å². The Morgan fingerprint density at radius 3 is 2.77 bits per heavy atom. The highest BCUT2D eigenvalue weighted by Gasteiger charge is 2.34. The molecule has 1 atom stereocenters. The summed E-state index contributed by atoms with van der Waals surface area (Å²) in [7, 11) is 0. The zero-order chi connectivity index (χ0) is 20.7. The topological polar surface area (TPSA) is 108 Å². The number of rotatable bonds is 7. The molecular weight excluding hydrogens is 384 g/mol. The van der Waals surface area contributed by atoms with Crippen molar-refractivity contribution in [2.75, 3.05) is 19.6 Å². The maximum Gasteiger partial charge on any atom is 0.274 e. The van der Waals surface area contributed by atoms with Crippen LogP contribution in [-0.4, -0.2) is 67.6 Å². The van der Waals surface area contributed by atoms with Crippen LogP contribution in [0.3, 0.4) is 0 Å². The zero-order valence-electron chi connectivity index (χ0n) is 17.3. The van der Waals surface area contributed by atoms with Gasteiger partial charge in [0.1, 0.15) is 5.69 Å². The van der Waals surface area contributed by atoms with E-state index < -0.39 is 0 Å². The van der Waals surface area contributed by atoms with E-state index in [1.54, 1.807) is 11.8 Å². The van der Waals surface area contributed by atoms with Crippen LogP contribution >= 0.6 is 0 Å².